The van der Waals surface area contributed by atoms with E-state index in [1.807, 2.05) is 27.2 Å². The molecule has 0 aliphatic carbocycles. The summed E-state index contributed by atoms with van der Waals surface area (Å²) in [6.07, 6.45) is 87.1. The minimum Gasteiger partial charge on any atom is -0.756 e. The van der Waals surface area contributed by atoms with Crippen molar-refractivity contribution in [2.75, 3.05) is 40.9 Å². The normalized spacial score (nSPS) is 13.8. The topological polar surface area (TPSA) is 108 Å². The lowest BCUT2D eigenvalue weighted by Gasteiger charge is -2.29. The minimum absolute atomic E-state index is 0.000863. The molecule has 0 aliphatic heterocycles. The zero-order valence-corrected chi connectivity index (χ0v) is 57.3. The highest BCUT2D eigenvalue weighted by atomic mass is 31.2. The second-order valence-electron chi connectivity index (χ2n) is 26.7. The molecule has 0 saturated heterocycles. The van der Waals surface area contributed by atoms with E-state index in [0.717, 1.165) is 44.9 Å². The summed E-state index contributed by atoms with van der Waals surface area (Å²) in [6, 6.07) is -0.887. The van der Waals surface area contributed by atoms with Crippen LogP contribution in [0.1, 0.15) is 380 Å². The number of hydrogen-bond acceptors (Lipinski definition) is 6. The molecule has 0 rings (SSSR count). The first-order valence-electron chi connectivity index (χ1n) is 36.9. The Hall–Kier alpha value is -1.28. The summed E-state index contributed by atoms with van der Waals surface area (Å²) in [4.78, 5) is 25.7. The van der Waals surface area contributed by atoms with Gasteiger partial charge in [-0.25, -0.2) is 0 Å². The molecule has 1 amide bonds. The average molecular weight is 1190 g/mol. The Morgan fingerprint density at radius 2 is 0.699 bits per heavy atom. The third kappa shape index (κ3) is 68.1. The number of amides is 1. The van der Waals surface area contributed by atoms with Crippen LogP contribution in [-0.4, -0.2) is 68.5 Å². The Bertz CT molecular complexity index is 1450. The molecular weight excluding hydrogens is 1040 g/mol. The first kappa shape index (κ1) is 81.7. The number of hydrogen-bond donors (Lipinski definition) is 2. The highest BCUT2D eigenvalue weighted by Crippen LogP contribution is 2.38. The van der Waals surface area contributed by atoms with Gasteiger partial charge in [0.05, 0.1) is 39.9 Å². The lowest BCUT2D eigenvalue weighted by atomic mass is 10.0. The van der Waals surface area contributed by atoms with Gasteiger partial charge in [-0.2, -0.15) is 0 Å². The fraction of sp³-hybridized carbons (Fsp3) is 0.905. The van der Waals surface area contributed by atoms with Crippen LogP contribution in [0.3, 0.4) is 0 Å². The number of nitrogens with one attached hydrogen (secondary N) is 1. The van der Waals surface area contributed by atoms with Crippen molar-refractivity contribution in [3.8, 4) is 0 Å². The summed E-state index contributed by atoms with van der Waals surface area (Å²) in [5, 5.41) is 14.0. The van der Waals surface area contributed by atoms with Crippen LogP contribution < -0.4 is 10.2 Å². The number of aliphatic hydroxyl groups excluding tert-OH is 1. The van der Waals surface area contributed by atoms with Crippen LogP contribution in [0.5, 0.6) is 0 Å². The maximum atomic E-state index is 13.1. The van der Waals surface area contributed by atoms with Gasteiger partial charge in [0.15, 0.2) is 0 Å². The van der Waals surface area contributed by atoms with Gasteiger partial charge in [0.1, 0.15) is 13.2 Å². The molecule has 0 bridgehead atoms. The Balaban J connectivity index is 4.01. The zero-order valence-electron chi connectivity index (χ0n) is 56.4. The van der Waals surface area contributed by atoms with Crippen molar-refractivity contribution in [2.24, 2.45) is 0 Å². The summed E-state index contributed by atoms with van der Waals surface area (Å²) in [5.41, 5.74) is 0. The van der Waals surface area contributed by atoms with Crippen LogP contribution in [-0.2, 0) is 18.4 Å². The molecule has 0 aliphatic rings. The van der Waals surface area contributed by atoms with Gasteiger partial charge in [-0.15, -0.1) is 0 Å². The number of carbonyl (C=O) groups is 1. The zero-order chi connectivity index (χ0) is 60.5. The van der Waals surface area contributed by atoms with Crippen molar-refractivity contribution in [3.63, 3.8) is 0 Å². The molecule has 83 heavy (non-hydrogen) atoms. The molecule has 0 heterocycles. The molecular formula is C74H145N2O6P. The largest absolute Gasteiger partial charge is 0.756 e. The molecule has 9 heteroatoms. The van der Waals surface area contributed by atoms with Gasteiger partial charge in [-0.1, -0.05) is 359 Å². The predicted octanol–water partition coefficient (Wildman–Crippen LogP) is 23.0. The molecule has 0 aromatic rings. The Labute approximate surface area is 518 Å². The van der Waals surface area contributed by atoms with Crippen molar-refractivity contribution in [2.45, 2.75) is 392 Å². The fourth-order valence-electron chi connectivity index (χ4n) is 11.4. The number of likely N-dealkylation sites (N-methyl/N-ethyl adjacent to an activating group) is 1. The summed E-state index contributed by atoms with van der Waals surface area (Å²) in [6.45, 7) is 4.70. The lowest BCUT2D eigenvalue weighted by molar-refractivity contribution is -0.870. The lowest BCUT2D eigenvalue weighted by Crippen LogP contribution is -2.45. The highest BCUT2D eigenvalue weighted by Gasteiger charge is 2.23. The number of aliphatic hydroxyl groups is 1. The van der Waals surface area contributed by atoms with Gasteiger partial charge < -0.3 is 28.8 Å². The van der Waals surface area contributed by atoms with E-state index < -0.39 is 20.0 Å². The van der Waals surface area contributed by atoms with Crippen molar-refractivity contribution in [3.05, 3.63) is 36.5 Å². The monoisotopic (exact) mass is 1190 g/mol. The van der Waals surface area contributed by atoms with Crippen LogP contribution in [0, 0.1) is 0 Å². The minimum atomic E-state index is -4.60. The van der Waals surface area contributed by atoms with E-state index in [9.17, 15) is 19.4 Å². The van der Waals surface area contributed by atoms with Crippen LogP contribution in [0.15, 0.2) is 36.5 Å². The van der Waals surface area contributed by atoms with Gasteiger partial charge in [0.2, 0.25) is 5.91 Å². The van der Waals surface area contributed by atoms with Gasteiger partial charge in [0.25, 0.3) is 7.82 Å². The molecule has 492 valence electrons. The van der Waals surface area contributed by atoms with E-state index in [1.165, 1.54) is 315 Å². The second kappa shape index (κ2) is 65.2. The number of phosphoric ester groups is 1. The van der Waals surface area contributed by atoms with Crippen LogP contribution in [0.4, 0.5) is 0 Å². The van der Waals surface area contributed by atoms with Crippen molar-refractivity contribution < 1.29 is 32.9 Å². The first-order valence-corrected chi connectivity index (χ1v) is 38.3. The molecule has 0 radical (unpaired) electrons. The molecule has 2 N–H and O–H groups in total. The quantitative estimate of drug-likeness (QED) is 0.0272. The molecule has 0 aromatic carbocycles. The number of phosphoric acid groups is 1. The van der Waals surface area contributed by atoms with Crippen LogP contribution in [0.25, 0.3) is 0 Å². The van der Waals surface area contributed by atoms with Crippen LogP contribution >= 0.6 is 7.82 Å². The summed E-state index contributed by atoms with van der Waals surface area (Å²) in [5.74, 6) is -0.190. The van der Waals surface area contributed by atoms with E-state index >= 15 is 0 Å². The maximum Gasteiger partial charge on any atom is 0.268 e. The molecule has 0 fully saturated rings. The number of unbranched alkanes of at least 4 members (excludes halogenated alkanes) is 52. The maximum absolute atomic E-state index is 13.1. The van der Waals surface area contributed by atoms with E-state index in [0.29, 0.717) is 17.4 Å². The number of nitrogens with zero attached hydrogens (tertiary/aromatic N) is 1. The third-order valence-corrected chi connectivity index (χ3v) is 18.1. The van der Waals surface area contributed by atoms with Gasteiger partial charge >= 0.3 is 0 Å². The fourth-order valence-corrected chi connectivity index (χ4v) is 12.1. The van der Waals surface area contributed by atoms with Crippen molar-refractivity contribution in [1.29, 1.82) is 0 Å². The van der Waals surface area contributed by atoms with Crippen molar-refractivity contribution in [1.82, 2.24) is 5.32 Å². The molecule has 3 unspecified atom stereocenters. The van der Waals surface area contributed by atoms with Crippen LogP contribution in [0.2, 0.25) is 0 Å². The third-order valence-electron chi connectivity index (χ3n) is 17.1. The van der Waals surface area contributed by atoms with Crippen molar-refractivity contribution >= 4 is 13.7 Å². The van der Waals surface area contributed by atoms with E-state index in [-0.39, 0.29) is 19.1 Å². The Kier molecular flexibility index (Phi) is 64.2. The standard InChI is InChI=1S/C74H145N2O6P/c1-6-8-10-12-14-16-18-20-22-24-26-28-30-32-34-36-37-38-40-41-43-45-47-49-51-53-55-57-59-61-63-65-67-73(77)72(71-82-83(79,80)81-70-69-76(3,4)5)75-74(78)68-66-64-62-60-58-56-54-52-50-48-46-44-42-39-35-33-31-29-27-25-23-21-19-17-15-13-11-9-7-2/h19,21,25,27,65,67,72-73,77H,6-18,20,22-24,26,28-64,66,68-71H2,1-5H3,(H-,75,78,79,80)/b21-19-,27-25-,67-65+. The van der Waals surface area contributed by atoms with E-state index in [4.69, 9.17) is 9.05 Å². The summed E-state index contributed by atoms with van der Waals surface area (Å²) >= 11 is 0. The molecule has 3 atom stereocenters. The smallest absolute Gasteiger partial charge is 0.268 e. The Morgan fingerprint density at radius 1 is 0.422 bits per heavy atom. The number of carbonyl (C=O) groups excluding carboxylic acids is 1. The van der Waals surface area contributed by atoms with Gasteiger partial charge in [-0.3, -0.25) is 9.36 Å². The van der Waals surface area contributed by atoms with Gasteiger partial charge in [-0.05, 0) is 51.4 Å². The van der Waals surface area contributed by atoms with Gasteiger partial charge in [0, 0.05) is 6.42 Å². The highest BCUT2D eigenvalue weighted by molar-refractivity contribution is 7.45. The summed E-state index contributed by atoms with van der Waals surface area (Å²) in [7, 11) is 1.28. The Morgan fingerprint density at radius 3 is 1.00 bits per heavy atom. The predicted molar refractivity (Wildman–Crippen MR) is 362 cm³/mol. The SMILES string of the molecule is CCCCCCC/C=C\C/C=C\CCCCCCCCCCCCCCCCCCCC(=O)NC(COP(=O)([O-])OCC[N+](C)(C)C)C(O)/C=C/CCCCCCCCCCCCCCCCCCCCCCCCCCCCCCCC. The molecule has 0 spiro atoms. The number of quaternary nitrogens is 1. The molecule has 8 nitrogen and oxygen atoms in total. The second-order valence-corrected chi connectivity index (χ2v) is 28.1. The molecule has 0 saturated carbocycles. The first-order chi connectivity index (χ1) is 40.5. The number of allylic oxidation sites excluding steroid dienone is 5. The summed E-state index contributed by atoms with van der Waals surface area (Å²) < 4.78 is 23.5. The van der Waals surface area contributed by atoms with E-state index in [1.54, 1.807) is 6.08 Å². The molecule has 0 aromatic heterocycles. The average Bonchev–Trinajstić information content (AvgIpc) is 3.50. The number of rotatable bonds is 69. The van der Waals surface area contributed by atoms with E-state index in [2.05, 4.69) is 43.5 Å².